The summed E-state index contributed by atoms with van der Waals surface area (Å²) in [5, 5.41) is 14.3. The highest BCUT2D eigenvalue weighted by Gasteiger charge is 2.25. The average molecular weight is 385 g/mol. The number of nitrogens with zero attached hydrogens (tertiary/aromatic N) is 1. The Bertz CT molecular complexity index is 711. The SMILES string of the molecule is C=C(C)c1cc(Cl)c(C)c([N+](=O)[O-])c1OCCCNC(=O)OC(C)(C)C. The number of nitro benzene ring substituents is 1. The molecule has 1 rings (SSSR count). The van der Waals surface area contributed by atoms with Crippen molar-refractivity contribution in [3.63, 3.8) is 0 Å². The Kier molecular flexibility index (Phi) is 7.44. The first-order valence-electron chi connectivity index (χ1n) is 8.17. The van der Waals surface area contributed by atoms with Crippen LogP contribution >= 0.6 is 11.6 Å². The lowest BCUT2D eigenvalue weighted by Gasteiger charge is -2.19. The second kappa shape index (κ2) is 8.89. The van der Waals surface area contributed by atoms with Crippen LogP contribution in [-0.4, -0.2) is 29.8 Å². The number of hydrogen-bond acceptors (Lipinski definition) is 5. The molecule has 8 heteroatoms. The van der Waals surface area contributed by atoms with Crippen molar-refractivity contribution >= 4 is 29.0 Å². The van der Waals surface area contributed by atoms with Crippen LogP contribution in [0.15, 0.2) is 12.6 Å². The van der Waals surface area contributed by atoms with Gasteiger partial charge in [0, 0.05) is 17.7 Å². The van der Waals surface area contributed by atoms with Gasteiger partial charge in [-0.15, -0.1) is 0 Å². The van der Waals surface area contributed by atoms with E-state index in [0.717, 1.165) is 0 Å². The van der Waals surface area contributed by atoms with Gasteiger partial charge in [-0.3, -0.25) is 10.1 Å². The van der Waals surface area contributed by atoms with Crippen LogP contribution in [0.1, 0.15) is 45.2 Å². The molecule has 1 N–H and O–H groups in total. The standard InChI is InChI=1S/C18H25ClN2O5/c1-11(2)13-10-14(19)12(3)15(21(23)24)16(13)25-9-7-8-20-17(22)26-18(4,5)6/h10H,1,7-9H2,2-6H3,(H,20,22). The van der Waals surface area contributed by atoms with E-state index < -0.39 is 16.6 Å². The van der Waals surface area contributed by atoms with E-state index in [0.29, 0.717) is 29.7 Å². The number of nitrogens with one attached hydrogen (secondary N) is 1. The maximum atomic E-state index is 11.6. The van der Waals surface area contributed by atoms with Gasteiger partial charge in [-0.2, -0.15) is 0 Å². The molecule has 26 heavy (non-hydrogen) atoms. The lowest BCUT2D eigenvalue weighted by atomic mass is 10.0. The predicted molar refractivity (Wildman–Crippen MR) is 102 cm³/mol. The molecule has 0 aliphatic rings. The first-order chi connectivity index (χ1) is 11.9. The molecule has 0 aromatic heterocycles. The summed E-state index contributed by atoms with van der Waals surface area (Å²) < 4.78 is 10.8. The molecular formula is C18H25ClN2O5. The number of benzene rings is 1. The van der Waals surface area contributed by atoms with Crippen LogP contribution in [0.4, 0.5) is 10.5 Å². The number of hydrogen-bond donors (Lipinski definition) is 1. The quantitative estimate of drug-likeness (QED) is 0.411. The van der Waals surface area contributed by atoms with Gasteiger partial charge in [0.1, 0.15) is 5.60 Å². The van der Waals surface area contributed by atoms with Gasteiger partial charge >= 0.3 is 11.8 Å². The van der Waals surface area contributed by atoms with Crippen molar-refractivity contribution in [2.45, 2.75) is 46.6 Å². The fourth-order valence-corrected chi connectivity index (χ4v) is 2.34. The van der Waals surface area contributed by atoms with Crippen molar-refractivity contribution in [3.05, 3.63) is 38.9 Å². The van der Waals surface area contributed by atoms with E-state index in [4.69, 9.17) is 21.1 Å². The summed E-state index contributed by atoms with van der Waals surface area (Å²) in [6, 6.07) is 1.61. The number of alkyl carbamates (subject to hydrolysis) is 1. The average Bonchev–Trinajstić information content (AvgIpc) is 2.47. The molecule has 7 nitrogen and oxygen atoms in total. The molecule has 0 aliphatic carbocycles. The molecule has 0 atom stereocenters. The maximum absolute atomic E-state index is 11.6. The third kappa shape index (κ3) is 6.22. The second-order valence-corrected chi connectivity index (χ2v) is 7.28. The van der Waals surface area contributed by atoms with Gasteiger partial charge < -0.3 is 14.8 Å². The Morgan fingerprint density at radius 1 is 1.42 bits per heavy atom. The normalized spacial score (nSPS) is 11.0. The molecule has 0 fully saturated rings. The minimum atomic E-state index is -0.571. The van der Waals surface area contributed by atoms with Gasteiger partial charge in [-0.1, -0.05) is 18.2 Å². The topological polar surface area (TPSA) is 90.7 Å². The zero-order valence-corrected chi connectivity index (χ0v) is 16.5. The van der Waals surface area contributed by atoms with Gasteiger partial charge in [-0.25, -0.2) is 4.79 Å². The maximum Gasteiger partial charge on any atom is 0.407 e. The monoisotopic (exact) mass is 384 g/mol. The molecule has 1 amide bonds. The molecule has 0 aliphatic heterocycles. The molecule has 0 bridgehead atoms. The number of amides is 1. The van der Waals surface area contributed by atoms with Crippen LogP contribution in [0, 0.1) is 17.0 Å². The Morgan fingerprint density at radius 3 is 2.54 bits per heavy atom. The highest BCUT2D eigenvalue weighted by atomic mass is 35.5. The number of nitro groups is 1. The third-order valence-corrected chi connectivity index (χ3v) is 3.71. The summed E-state index contributed by atoms with van der Waals surface area (Å²) in [6.45, 7) is 12.9. The van der Waals surface area contributed by atoms with Gasteiger partial charge in [0.15, 0.2) is 0 Å². The highest BCUT2D eigenvalue weighted by Crippen LogP contribution is 2.41. The van der Waals surface area contributed by atoms with Gasteiger partial charge in [0.05, 0.1) is 16.6 Å². The van der Waals surface area contributed by atoms with E-state index in [9.17, 15) is 14.9 Å². The Labute approximate surface area is 158 Å². The fraction of sp³-hybridized carbons (Fsp3) is 0.500. The largest absolute Gasteiger partial charge is 0.486 e. The first-order valence-corrected chi connectivity index (χ1v) is 8.55. The summed E-state index contributed by atoms with van der Waals surface area (Å²) in [5.74, 6) is 0.140. The molecule has 0 radical (unpaired) electrons. The number of carbonyl (C=O) groups is 1. The summed E-state index contributed by atoms with van der Waals surface area (Å²) in [7, 11) is 0. The zero-order chi connectivity index (χ0) is 20.1. The summed E-state index contributed by atoms with van der Waals surface area (Å²) in [4.78, 5) is 22.5. The van der Waals surface area contributed by atoms with Gasteiger partial charge in [0.2, 0.25) is 5.75 Å². The molecule has 1 aromatic rings. The van der Waals surface area contributed by atoms with Crippen molar-refractivity contribution in [1.82, 2.24) is 5.32 Å². The van der Waals surface area contributed by atoms with E-state index in [1.54, 1.807) is 40.7 Å². The molecule has 144 valence electrons. The van der Waals surface area contributed by atoms with Crippen LogP contribution < -0.4 is 10.1 Å². The minimum Gasteiger partial charge on any atom is -0.486 e. The lowest BCUT2D eigenvalue weighted by molar-refractivity contribution is -0.386. The molecule has 0 saturated carbocycles. The van der Waals surface area contributed by atoms with Gasteiger partial charge in [0.25, 0.3) is 0 Å². The smallest absolute Gasteiger partial charge is 0.407 e. The molecule has 1 aromatic carbocycles. The summed E-state index contributed by atoms with van der Waals surface area (Å²) >= 11 is 6.09. The van der Waals surface area contributed by atoms with E-state index in [1.165, 1.54) is 0 Å². The van der Waals surface area contributed by atoms with Crippen molar-refractivity contribution in [1.29, 1.82) is 0 Å². The molecule has 0 unspecified atom stereocenters. The zero-order valence-electron chi connectivity index (χ0n) is 15.8. The first kappa shape index (κ1) is 21.8. The number of halogens is 1. The second-order valence-electron chi connectivity index (χ2n) is 6.88. The van der Waals surface area contributed by atoms with Crippen molar-refractivity contribution in [2.24, 2.45) is 0 Å². The van der Waals surface area contributed by atoms with Crippen LogP contribution in [0.2, 0.25) is 5.02 Å². The molecule has 0 spiro atoms. The lowest BCUT2D eigenvalue weighted by Crippen LogP contribution is -2.33. The van der Waals surface area contributed by atoms with Crippen LogP contribution in [-0.2, 0) is 4.74 Å². The predicted octanol–water partition coefficient (Wildman–Crippen LogP) is 4.88. The van der Waals surface area contributed by atoms with Crippen LogP contribution in [0.5, 0.6) is 5.75 Å². The molecular weight excluding hydrogens is 360 g/mol. The third-order valence-electron chi connectivity index (χ3n) is 3.32. The van der Waals surface area contributed by atoms with Crippen molar-refractivity contribution in [2.75, 3.05) is 13.2 Å². The van der Waals surface area contributed by atoms with Crippen LogP contribution in [0.25, 0.3) is 5.57 Å². The van der Waals surface area contributed by atoms with E-state index in [-0.39, 0.29) is 23.1 Å². The number of allylic oxidation sites excluding steroid dienone is 1. The summed E-state index contributed by atoms with van der Waals surface area (Å²) in [6.07, 6.45) is -0.0679. The van der Waals surface area contributed by atoms with E-state index in [2.05, 4.69) is 11.9 Å². The van der Waals surface area contributed by atoms with Crippen molar-refractivity contribution < 1.29 is 19.2 Å². The van der Waals surface area contributed by atoms with E-state index >= 15 is 0 Å². The summed E-state index contributed by atoms with van der Waals surface area (Å²) in [5.41, 5.74) is 0.696. The number of ether oxygens (including phenoxy) is 2. The Hall–Kier alpha value is -2.28. The molecule has 0 heterocycles. The van der Waals surface area contributed by atoms with Gasteiger partial charge in [-0.05, 0) is 52.7 Å². The Morgan fingerprint density at radius 2 is 2.04 bits per heavy atom. The Balaban J connectivity index is 2.78. The van der Waals surface area contributed by atoms with E-state index in [1.807, 2.05) is 0 Å². The molecule has 0 saturated heterocycles. The fourth-order valence-electron chi connectivity index (χ4n) is 2.15. The van der Waals surface area contributed by atoms with Crippen LogP contribution in [0.3, 0.4) is 0 Å². The van der Waals surface area contributed by atoms with Crippen molar-refractivity contribution in [3.8, 4) is 5.75 Å². The highest BCUT2D eigenvalue weighted by molar-refractivity contribution is 6.32. The number of rotatable bonds is 7. The number of carbonyl (C=O) groups excluding carboxylic acids is 1. The minimum absolute atomic E-state index is 0.140.